The van der Waals surface area contributed by atoms with Crippen LogP contribution in [0.25, 0.3) is 0 Å². The average molecular weight is 615 g/mol. The minimum absolute atomic E-state index is 0.0243. The van der Waals surface area contributed by atoms with Crippen LogP contribution in [-0.2, 0) is 45.4 Å². The molecule has 0 saturated carbocycles. The molecule has 5 N–H and O–H groups in total. The van der Waals surface area contributed by atoms with Gasteiger partial charge in [0.1, 0.15) is 6.54 Å². The Balaban J connectivity index is 2.83. The molecule has 0 fully saturated rings. The maximum atomic E-state index is 12.3. The molecular formula is C22H32NO13S3+. The van der Waals surface area contributed by atoms with Crippen LogP contribution >= 0.6 is 0 Å². The molecule has 0 aliphatic carbocycles. The Labute approximate surface area is 226 Å². The summed E-state index contributed by atoms with van der Waals surface area (Å²) in [6.45, 7) is 5.19. The second kappa shape index (κ2) is 11.6. The largest absolute Gasteiger partial charge is 0.481 e. The Hall–Kier alpha value is -2.44. The predicted octanol–water partition coefficient (Wildman–Crippen LogP) is 1.25. The van der Waals surface area contributed by atoms with E-state index in [4.69, 9.17) is 9.11 Å². The van der Waals surface area contributed by atoms with Crippen LogP contribution in [0.3, 0.4) is 0 Å². The molecule has 39 heavy (non-hydrogen) atoms. The molecule has 2 unspecified atom stereocenters. The summed E-state index contributed by atoms with van der Waals surface area (Å²) >= 11 is 0. The van der Waals surface area contributed by atoms with E-state index in [1.54, 1.807) is 25.3 Å². The number of carbonyl (C=O) groups is 2. The van der Waals surface area contributed by atoms with Gasteiger partial charge in [0, 0.05) is 25.0 Å². The zero-order valence-electron chi connectivity index (χ0n) is 21.4. The molecule has 0 bridgehead atoms. The van der Waals surface area contributed by atoms with Gasteiger partial charge >= 0.3 is 11.9 Å². The van der Waals surface area contributed by atoms with Crippen molar-refractivity contribution in [3.63, 3.8) is 0 Å². The van der Waals surface area contributed by atoms with Crippen LogP contribution in [0.15, 0.2) is 12.1 Å². The molecule has 1 aromatic rings. The van der Waals surface area contributed by atoms with Gasteiger partial charge in [-0.25, -0.2) is 0 Å². The van der Waals surface area contributed by atoms with Crippen molar-refractivity contribution >= 4 is 53.7 Å². The molecule has 1 aliphatic rings. The van der Waals surface area contributed by atoms with Crippen molar-refractivity contribution in [1.29, 1.82) is 0 Å². The fourth-order valence-corrected chi connectivity index (χ4v) is 6.37. The van der Waals surface area contributed by atoms with Crippen LogP contribution in [-0.4, -0.2) is 95.2 Å². The summed E-state index contributed by atoms with van der Waals surface area (Å²) in [7, 11) is -13.4. The molecule has 220 valence electrons. The molecular weight excluding hydrogens is 582 g/mol. The van der Waals surface area contributed by atoms with Gasteiger partial charge in [0.15, 0.2) is 5.71 Å². The molecule has 0 spiro atoms. The summed E-state index contributed by atoms with van der Waals surface area (Å²) in [4.78, 5) is 24.5. The molecule has 2 atom stereocenters. The van der Waals surface area contributed by atoms with Gasteiger partial charge in [-0.05, 0) is 37.8 Å². The van der Waals surface area contributed by atoms with E-state index in [2.05, 4.69) is 0 Å². The minimum atomic E-state index is -4.56. The van der Waals surface area contributed by atoms with Crippen molar-refractivity contribution in [2.75, 3.05) is 23.8 Å². The number of hydrogen-bond donors (Lipinski definition) is 5. The summed E-state index contributed by atoms with van der Waals surface area (Å²) in [6, 6.07) is 2.66. The van der Waals surface area contributed by atoms with E-state index in [0.29, 0.717) is 17.0 Å². The number of carboxylic acid groups (broad SMARTS) is 2. The third-order valence-electron chi connectivity index (χ3n) is 6.88. The predicted molar refractivity (Wildman–Crippen MR) is 139 cm³/mol. The third kappa shape index (κ3) is 8.52. The summed E-state index contributed by atoms with van der Waals surface area (Å²) in [6.07, 6.45) is -1.18. The Morgan fingerprint density at radius 3 is 1.72 bits per heavy atom. The molecule has 17 heteroatoms. The second-order valence-corrected chi connectivity index (χ2v) is 14.7. The molecule has 0 radical (unpaired) electrons. The van der Waals surface area contributed by atoms with Gasteiger partial charge < -0.3 is 10.2 Å². The quantitative estimate of drug-likeness (QED) is 0.147. The zero-order valence-corrected chi connectivity index (χ0v) is 23.9. The highest BCUT2D eigenvalue weighted by Gasteiger charge is 2.47. The molecule has 1 aliphatic heterocycles. The summed E-state index contributed by atoms with van der Waals surface area (Å²) in [5, 5.41) is 19.9. The number of nitrogens with zero attached hydrogens (tertiary/aromatic N) is 1. The smallest absolute Gasteiger partial charge is 0.311 e. The molecule has 14 nitrogen and oxygen atoms in total. The highest BCUT2D eigenvalue weighted by atomic mass is 32.2. The monoisotopic (exact) mass is 614 g/mol. The van der Waals surface area contributed by atoms with Crippen LogP contribution < -0.4 is 0 Å². The number of fused-ring (bicyclic) bond motifs is 1. The lowest BCUT2D eigenvalue weighted by atomic mass is 9.75. The number of rotatable bonds is 14. The second-order valence-electron chi connectivity index (χ2n) is 9.94. The normalized spacial score (nSPS) is 17.1. The van der Waals surface area contributed by atoms with E-state index >= 15 is 0 Å². The number of carboxylic acids is 2. The lowest BCUT2D eigenvalue weighted by Crippen LogP contribution is -2.29. The summed E-state index contributed by atoms with van der Waals surface area (Å²) in [5.74, 6) is -8.37. The molecule has 1 heterocycles. The first-order valence-electron chi connectivity index (χ1n) is 11.7. The highest BCUT2D eigenvalue weighted by molar-refractivity contribution is 7.86. The fraction of sp³-hybridized carbons (Fsp3) is 0.591. The van der Waals surface area contributed by atoms with E-state index in [9.17, 15) is 49.6 Å². The third-order valence-corrected chi connectivity index (χ3v) is 9.19. The van der Waals surface area contributed by atoms with E-state index in [1.807, 2.05) is 0 Å². The van der Waals surface area contributed by atoms with Crippen LogP contribution in [0.5, 0.6) is 0 Å². The molecule has 0 aromatic heterocycles. The van der Waals surface area contributed by atoms with Gasteiger partial charge in [0.25, 0.3) is 30.4 Å². The van der Waals surface area contributed by atoms with Gasteiger partial charge in [0.05, 0.1) is 34.5 Å². The number of aliphatic carboxylic acids is 2. The number of benzene rings is 1. The molecule has 0 saturated heterocycles. The van der Waals surface area contributed by atoms with Crippen LogP contribution in [0.1, 0.15) is 68.6 Å². The molecule has 0 amide bonds. The Kier molecular flexibility index (Phi) is 9.73. The lowest BCUT2D eigenvalue weighted by Gasteiger charge is -2.24. The highest BCUT2D eigenvalue weighted by Crippen LogP contribution is 2.46. The summed E-state index contributed by atoms with van der Waals surface area (Å²) < 4.78 is 97.2. The zero-order chi connectivity index (χ0) is 30.1. The van der Waals surface area contributed by atoms with Gasteiger partial charge in [-0.2, -0.15) is 29.8 Å². The van der Waals surface area contributed by atoms with E-state index < -0.39 is 89.6 Å². The van der Waals surface area contributed by atoms with Crippen molar-refractivity contribution in [2.45, 2.75) is 57.3 Å². The van der Waals surface area contributed by atoms with Gasteiger partial charge in [-0.3, -0.25) is 23.2 Å². The summed E-state index contributed by atoms with van der Waals surface area (Å²) in [5.41, 5.74) is 0.436. The minimum Gasteiger partial charge on any atom is -0.481 e. The number of hydrogen-bond acceptors (Lipinski definition) is 8. The van der Waals surface area contributed by atoms with Crippen molar-refractivity contribution in [3.05, 3.63) is 28.8 Å². The van der Waals surface area contributed by atoms with E-state index in [1.165, 1.54) is 12.1 Å². The van der Waals surface area contributed by atoms with Crippen LogP contribution in [0, 0.1) is 0 Å². The van der Waals surface area contributed by atoms with Crippen LogP contribution in [0.4, 0.5) is 5.69 Å². The van der Waals surface area contributed by atoms with Gasteiger partial charge in [0.2, 0.25) is 5.69 Å². The van der Waals surface area contributed by atoms with Crippen molar-refractivity contribution in [1.82, 2.24) is 0 Å². The standard InChI is InChI=1S/C22H31NO13S3/c1-13-22(2,3)19-17(16(21(26)27)6-10-39(34,35)36)11-14(15(20(24)25)5-9-38(31,32)33)12-18(19)23(13)7-4-8-37(28,29)30/h11-12,15-16H,4-10H2,1-3H3,(H4-,24,25,26,27,28,29,30,31,32,33,34,35,36)/p+1. The van der Waals surface area contributed by atoms with Gasteiger partial charge in [-0.15, -0.1) is 0 Å². The molecule has 2 rings (SSSR count). The van der Waals surface area contributed by atoms with Gasteiger partial charge in [-0.1, -0.05) is 6.07 Å². The first-order valence-corrected chi connectivity index (χ1v) is 16.5. The van der Waals surface area contributed by atoms with Crippen molar-refractivity contribution < 1.29 is 63.3 Å². The van der Waals surface area contributed by atoms with Crippen molar-refractivity contribution in [3.8, 4) is 0 Å². The first kappa shape index (κ1) is 32.8. The Morgan fingerprint density at radius 2 is 1.28 bits per heavy atom. The lowest BCUT2D eigenvalue weighted by molar-refractivity contribution is -0.438. The fourth-order valence-electron chi connectivity index (χ4n) is 4.81. The Morgan fingerprint density at radius 1 is 0.821 bits per heavy atom. The van der Waals surface area contributed by atoms with E-state index in [-0.39, 0.29) is 24.1 Å². The Bertz CT molecular complexity index is 1510. The van der Waals surface area contributed by atoms with Crippen molar-refractivity contribution in [2.24, 2.45) is 0 Å². The maximum absolute atomic E-state index is 12.3. The average Bonchev–Trinajstić information content (AvgIpc) is 2.91. The topological polar surface area (TPSA) is 241 Å². The SMILES string of the molecule is CC1=[N+](CCCS(=O)(=O)O)c2cc(C(CCS(=O)(=O)O)C(=O)O)cc(C(CCS(=O)(=O)O)C(=O)O)c2C1(C)C. The first-order chi connectivity index (χ1) is 17.5. The van der Waals surface area contributed by atoms with Crippen LogP contribution in [0.2, 0.25) is 0 Å². The molecule has 1 aromatic carbocycles. The van der Waals surface area contributed by atoms with E-state index in [0.717, 1.165) is 0 Å². The maximum Gasteiger partial charge on any atom is 0.311 e.